The van der Waals surface area contributed by atoms with Crippen LogP contribution < -0.4 is 0 Å². The Morgan fingerprint density at radius 3 is 1.55 bits per heavy atom. The Morgan fingerprint density at radius 1 is 0.818 bits per heavy atom. The van der Waals surface area contributed by atoms with Gasteiger partial charge in [0.1, 0.15) is 0 Å². The van der Waals surface area contributed by atoms with E-state index in [2.05, 4.69) is 34.6 Å². The zero-order valence-electron chi connectivity index (χ0n) is 8.15. The van der Waals surface area contributed by atoms with Crippen molar-refractivity contribution in [3.63, 3.8) is 0 Å². The molecule has 0 fully saturated rings. The molecule has 0 aliphatic carbocycles. The summed E-state index contributed by atoms with van der Waals surface area (Å²) >= 11 is 0. The number of rotatable bonds is 4. The van der Waals surface area contributed by atoms with Crippen LogP contribution in [0, 0.1) is 17.8 Å². The highest BCUT2D eigenvalue weighted by atomic mass is 14.1. The average molecular weight is 158 g/mol. The van der Waals surface area contributed by atoms with E-state index in [-0.39, 0.29) is 7.43 Å². The molecule has 0 nitrogen and oxygen atoms in total. The SMILES string of the molecule is C.CC(C)CCC(C)C(C)C. The van der Waals surface area contributed by atoms with E-state index in [1.165, 1.54) is 12.8 Å². The Kier molecular flexibility index (Phi) is 8.26. The summed E-state index contributed by atoms with van der Waals surface area (Å²) in [6.45, 7) is 11.6. The zero-order chi connectivity index (χ0) is 8.15. The van der Waals surface area contributed by atoms with Gasteiger partial charge in [-0.25, -0.2) is 0 Å². The topological polar surface area (TPSA) is 0 Å². The molecule has 0 aliphatic rings. The normalized spacial score (nSPS) is 13.4. The van der Waals surface area contributed by atoms with E-state index in [0.717, 1.165) is 17.8 Å². The fourth-order valence-electron chi connectivity index (χ4n) is 0.930. The van der Waals surface area contributed by atoms with Crippen molar-refractivity contribution in [2.24, 2.45) is 17.8 Å². The van der Waals surface area contributed by atoms with Gasteiger partial charge in [-0.15, -0.1) is 0 Å². The highest BCUT2D eigenvalue weighted by molar-refractivity contribution is 4.58. The zero-order valence-corrected chi connectivity index (χ0v) is 8.15. The molecule has 0 radical (unpaired) electrons. The van der Waals surface area contributed by atoms with Gasteiger partial charge in [-0.3, -0.25) is 0 Å². The van der Waals surface area contributed by atoms with Gasteiger partial charge in [-0.05, 0) is 17.8 Å². The minimum atomic E-state index is 0. The summed E-state index contributed by atoms with van der Waals surface area (Å²) in [4.78, 5) is 0. The molecular formula is C11H26. The highest BCUT2D eigenvalue weighted by Crippen LogP contribution is 2.18. The van der Waals surface area contributed by atoms with E-state index in [1.807, 2.05) is 0 Å². The summed E-state index contributed by atoms with van der Waals surface area (Å²) in [6.07, 6.45) is 2.79. The molecule has 0 aromatic carbocycles. The number of hydrogen-bond donors (Lipinski definition) is 0. The van der Waals surface area contributed by atoms with Crippen molar-refractivity contribution >= 4 is 0 Å². The van der Waals surface area contributed by atoms with Crippen LogP contribution in [-0.4, -0.2) is 0 Å². The van der Waals surface area contributed by atoms with Gasteiger partial charge in [0.25, 0.3) is 0 Å². The fourth-order valence-corrected chi connectivity index (χ4v) is 0.930. The van der Waals surface area contributed by atoms with Crippen LogP contribution in [0.2, 0.25) is 0 Å². The first-order valence-corrected chi connectivity index (χ1v) is 4.54. The van der Waals surface area contributed by atoms with Crippen molar-refractivity contribution in [1.82, 2.24) is 0 Å². The van der Waals surface area contributed by atoms with Gasteiger partial charge in [0.05, 0.1) is 0 Å². The third kappa shape index (κ3) is 7.90. The van der Waals surface area contributed by atoms with Gasteiger partial charge in [-0.1, -0.05) is 54.9 Å². The van der Waals surface area contributed by atoms with Crippen LogP contribution in [0.4, 0.5) is 0 Å². The maximum absolute atomic E-state index is 2.35. The van der Waals surface area contributed by atoms with E-state index >= 15 is 0 Å². The molecule has 0 amide bonds. The standard InChI is InChI=1S/C10H22.CH4/c1-8(2)6-7-10(5)9(3)4;/h8-10H,6-7H2,1-5H3;1H4. The van der Waals surface area contributed by atoms with Gasteiger partial charge in [0, 0.05) is 0 Å². The lowest BCUT2D eigenvalue weighted by Gasteiger charge is -2.15. The molecule has 0 aromatic rings. The van der Waals surface area contributed by atoms with Crippen LogP contribution in [0.15, 0.2) is 0 Å². The predicted molar refractivity (Wildman–Crippen MR) is 54.8 cm³/mol. The lowest BCUT2D eigenvalue weighted by atomic mass is 9.91. The lowest BCUT2D eigenvalue weighted by molar-refractivity contribution is 0.358. The largest absolute Gasteiger partial charge is 0.0776 e. The van der Waals surface area contributed by atoms with Crippen molar-refractivity contribution in [3.05, 3.63) is 0 Å². The molecule has 0 spiro atoms. The second-order valence-electron chi connectivity index (χ2n) is 4.19. The quantitative estimate of drug-likeness (QED) is 0.570. The van der Waals surface area contributed by atoms with Crippen molar-refractivity contribution in [2.75, 3.05) is 0 Å². The molecule has 0 N–H and O–H groups in total. The molecule has 0 bridgehead atoms. The first kappa shape index (κ1) is 13.6. The highest BCUT2D eigenvalue weighted by Gasteiger charge is 2.06. The van der Waals surface area contributed by atoms with Gasteiger partial charge < -0.3 is 0 Å². The molecule has 11 heavy (non-hydrogen) atoms. The Balaban J connectivity index is 0. The molecule has 0 heterocycles. The van der Waals surface area contributed by atoms with Gasteiger partial charge in [0.15, 0.2) is 0 Å². The summed E-state index contributed by atoms with van der Waals surface area (Å²) in [7, 11) is 0. The summed E-state index contributed by atoms with van der Waals surface area (Å²) in [6, 6.07) is 0. The maximum Gasteiger partial charge on any atom is -0.0420 e. The number of hydrogen-bond acceptors (Lipinski definition) is 0. The van der Waals surface area contributed by atoms with Crippen LogP contribution in [0.5, 0.6) is 0 Å². The molecule has 0 aromatic heterocycles. The monoisotopic (exact) mass is 158 g/mol. The molecule has 1 atom stereocenters. The Hall–Kier alpha value is 0. The van der Waals surface area contributed by atoms with Crippen LogP contribution in [0.3, 0.4) is 0 Å². The molecule has 0 saturated carbocycles. The molecule has 0 saturated heterocycles. The third-order valence-corrected chi connectivity index (χ3v) is 2.34. The smallest absolute Gasteiger partial charge is 0.0420 e. The summed E-state index contributed by atoms with van der Waals surface area (Å²) in [5.74, 6) is 2.64. The first-order valence-electron chi connectivity index (χ1n) is 4.54. The molecule has 0 aliphatic heterocycles. The minimum Gasteiger partial charge on any atom is -0.0776 e. The van der Waals surface area contributed by atoms with Crippen molar-refractivity contribution in [2.45, 2.75) is 54.9 Å². The molecule has 0 heteroatoms. The Labute approximate surface area is 73.4 Å². The van der Waals surface area contributed by atoms with Gasteiger partial charge in [0.2, 0.25) is 0 Å². The van der Waals surface area contributed by atoms with Gasteiger partial charge in [-0.2, -0.15) is 0 Å². The maximum atomic E-state index is 2.35. The fraction of sp³-hybridized carbons (Fsp3) is 1.00. The minimum absolute atomic E-state index is 0. The van der Waals surface area contributed by atoms with E-state index in [4.69, 9.17) is 0 Å². The van der Waals surface area contributed by atoms with Crippen molar-refractivity contribution < 1.29 is 0 Å². The Bertz CT molecular complexity index is 72.1. The van der Waals surface area contributed by atoms with Crippen LogP contribution in [0.1, 0.15) is 54.9 Å². The van der Waals surface area contributed by atoms with Gasteiger partial charge >= 0.3 is 0 Å². The average Bonchev–Trinajstić information content (AvgIpc) is 1.82. The molecule has 70 valence electrons. The van der Waals surface area contributed by atoms with Crippen LogP contribution >= 0.6 is 0 Å². The molecular weight excluding hydrogens is 132 g/mol. The first-order chi connectivity index (χ1) is 4.54. The van der Waals surface area contributed by atoms with Crippen molar-refractivity contribution in [3.8, 4) is 0 Å². The van der Waals surface area contributed by atoms with Crippen LogP contribution in [0.25, 0.3) is 0 Å². The third-order valence-electron chi connectivity index (χ3n) is 2.34. The van der Waals surface area contributed by atoms with E-state index in [1.54, 1.807) is 0 Å². The van der Waals surface area contributed by atoms with Crippen LogP contribution in [-0.2, 0) is 0 Å². The second kappa shape index (κ2) is 6.69. The van der Waals surface area contributed by atoms with E-state index < -0.39 is 0 Å². The predicted octanol–water partition coefficient (Wildman–Crippen LogP) is 4.35. The Morgan fingerprint density at radius 2 is 1.27 bits per heavy atom. The second-order valence-corrected chi connectivity index (χ2v) is 4.19. The summed E-state index contributed by atoms with van der Waals surface area (Å²) in [5.41, 5.74) is 0. The van der Waals surface area contributed by atoms with E-state index in [9.17, 15) is 0 Å². The molecule has 1 unspecified atom stereocenters. The summed E-state index contributed by atoms with van der Waals surface area (Å²) in [5, 5.41) is 0. The summed E-state index contributed by atoms with van der Waals surface area (Å²) < 4.78 is 0. The van der Waals surface area contributed by atoms with Crippen molar-refractivity contribution in [1.29, 1.82) is 0 Å². The van der Waals surface area contributed by atoms with E-state index in [0.29, 0.717) is 0 Å². The lowest BCUT2D eigenvalue weighted by Crippen LogP contribution is -2.04. The molecule has 0 rings (SSSR count).